The van der Waals surface area contributed by atoms with Crippen LogP contribution in [0.15, 0.2) is 47.4 Å². The molecule has 0 aromatic heterocycles. The van der Waals surface area contributed by atoms with E-state index < -0.39 is 15.8 Å². The minimum atomic E-state index is -3.91. The van der Waals surface area contributed by atoms with Crippen LogP contribution in [0.5, 0.6) is 0 Å². The van der Waals surface area contributed by atoms with Gasteiger partial charge >= 0.3 is 0 Å². The number of halogens is 2. The van der Waals surface area contributed by atoms with Crippen molar-refractivity contribution >= 4 is 33.0 Å². The number of nitrogens with one attached hydrogen (secondary N) is 1. The molecule has 0 aliphatic carbocycles. The van der Waals surface area contributed by atoms with Crippen LogP contribution in [0.2, 0.25) is 5.02 Å². The van der Waals surface area contributed by atoms with E-state index in [4.69, 9.17) is 17.3 Å². The van der Waals surface area contributed by atoms with E-state index >= 15 is 0 Å². The van der Waals surface area contributed by atoms with E-state index in [1.807, 2.05) is 0 Å². The first-order valence-electron chi connectivity index (χ1n) is 5.22. The molecule has 0 saturated carbocycles. The van der Waals surface area contributed by atoms with Crippen LogP contribution in [0.3, 0.4) is 0 Å². The molecule has 0 bridgehead atoms. The number of para-hydroxylation sites is 1. The fourth-order valence-corrected chi connectivity index (χ4v) is 3.08. The lowest BCUT2D eigenvalue weighted by atomic mass is 10.3. The lowest BCUT2D eigenvalue weighted by Gasteiger charge is -2.10. The molecule has 19 heavy (non-hydrogen) atoms. The molecule has 2 aromatic carbocycles. The first-order chi connectivity index (χ1) is 8.90. The fraction of sp³-hybridized carbons (Fsp3) is 0. The van der Waals surface area contributed by atoms with E-state index in [1.54, 1.807) is 30.3 Å². The summed E-state index contributed by atoms with van der Waals surface area (Å²) in [4.78, 5) is -0.267. The molecule has 100 valence electrons. The Balaban J connectivity index is 2.43. The van der Waals surface area contributed by atoms with Gasteiger partial charge in [0.25, 0.3) is 10.0 Å². The second-order valence-electron chi connectivity index (χ2n) is 3.78. The zero-order valence-corrected chi connectivity index (χ0v) is 11.2. The molecule has 0 fully saturated rings. The molecule has 2 rings (SSSR count). The lowest BCUT2D eigenvalue weighted by molar-refractivity contribution is 0.600. The van der Waals surface area contributed by atoms with Crippen molar-refractivity contribution < 1.29 is 12.8 Å². The van der Waals surface area contributed by atoms with E-state index in [9.17, 15) is 12.8 Å². The Bertz CT molecular complexity index is 705. The summed E-state index contributed by atoms with van der Waals surface area (Å²) in [5.74, 6) is -0.760. The Morgan fingerprint density at radius 2 is 1.79 bits per heavy atom. The molecule has 0 atom stereocenters. The third-order valence-electron chi connectivity index (χ3n) is 2.37. The third kappa shape index (κ3) is 2.97. The highest BCUT2D eigenvalue weighted by atomic mass is 35.5. The Morgan fingerprint density at radius 3 is 2.42 bits per heavy atom. The molecule has 0 heterocycles. The number of rotatable bonds is 3. The molecule has 3 N–H and O–H groups in total. The number of hydrogen-bond acceptors (Lipinski definition) is 3. The van der Waals surface area contributed by atoms with Crippen LogP contribution < -0.4 is 10.5 Å². The highest BCUT2D eigenvalue weighted by Gasteiger charge is 2.20. The predicted molar refractivity (Wildman–Crippen MR) is 73.1 cm³/mol. The minimum absolute atomic E-state index is 0.227. The van der Waals surface area contributed by atoms with Crippen molar-refractivity contribution in [3.8, 4) is 0 Å². The number of nitrogens with two attached hydrogens (primary N) is 1. The van der Waals surface area contributed by atoms with Gasteiger partial charge in [0.05, 0.1) is 10.7 Å². The molecule has 0 amide bonds. The molecule has 0 saturated heterocycles. The number of sulfonamides is 1. The quantitative estimate of drug-likeness (QED) is 0.856. The second kappa shape index (κ2) is 5.07. The maximum absolute atomic E-state index is 13.1. The minimum Gasteiger partial charge on any atom is -0.396 e. The van der Waals surface area contributed by atoms with E-state index in [0.717, 1.165) is 12.1 Å². The molecule has 0 aliphatic heterocycles. The van der Waals surface area contributed by atoms with E-state index in [-0.39, 0.29) is 15.6 Å². The molecule has 4 nitrogen and oxygen atoms in total. The summed E-state index contributed by atoms with van der Waals surface area (Å²) in [6.07, 6.45) is 0. The van der Waals surface area contributed by atoms with Crippen LogP contribution in [0.25, 0.3) is 0 Å². The van der Waals surface area contributed by atoms with Gasteiger partial charge in [-0.2, -0.15) is 0 Å². The Labute approximate surface area is 115 Å². The first-order valence-corrected chi connectivity index (χ1v) is 7.08. The zero-order chi connectivity index (χ0) is 14.0. The van der Waals surface area contributed by atoms with Gasteiger partial charge in [-0.25, -0.2) is 12.8 Å². The monoisotopic (exact) mass is 300 g/mol. The molecule has 2 aromatic rings. The molecule has 0 aliphatic rings. The average molecular weight is 301 g/mol. The van der Waals surface area contributed by atoms with Crippen molar-refractivity contribution in [1.82, 2.24) is 0 Å². The van der Waals surface area contributed by atoms with Crippen LogP contribution in [0.4, 0.5) is 15.8 Å². The van der Waals surface area contributed by atoms with Crippen LogP contribution in [-0.2, 0) is 10.0 Å². The highest BCUT2D eigenvalue weighted by molar-refractivity contribution is 7.92. The average Bonchev–Trinajstić information content (AvgIpc) is 2.34. The smallest absolute Gasteiger partial charge is 0.263 e. The number of nitrogen functional groups attached to an aromatic ring is 1. The van der Waals surface area contributed by atoms with Gasteiger partial charge in [0.15, 0.2) is 0 Å². The largest absolute Gasteiger partial charge is 0.396 e. The van der Waals surface area contributed by atoms with Crippen LogP contribution >= 0.6 is 11.6 Å². The Kier molecular flexibility index (Phi) is 3.64. The maximum Gasteiger partial charge on any atom is 0.263 e. The summed E-state index contributed by atoms with van der Waals surface area (Å²) in [5, 5.41) is -0.227. The summed E-state index contributed by atoms with van der Waals surface area (Å²) in [5.41, 5.74) is 5.45. The normalized spacial score (nSPS) is 11.3. The van der Waals surface area contributed by atoms with Gasteiger partial charge in [-0.15, -0.1) is 0 Å². The van der Waals surface area contributed by atoms with Gasteiger partial charge in [-0.3, -0.25) is 4.72 Å². The molecule has 0 radical (unpaired) electrons. The summed E-state index contributed by atoms with van der Waals surface area (Å²) < 4.78 is 39.7. The zero-order valence-electron chi connectivity index (χ0n) is 9.60. The number of hydrogen-bond donors (Lipinski definition) is 2. The van der Waals surface area contributed by atoms with E-state index in [1.165, 1.54) is 0 Å². The van der Waals surface area contributed by atoms with Gasteiger partial charge < -0.3 is 5.73 Å². The SMILES string of the molecule is Nc1cc(S(=O)(=O)Nc2ccccc2)c(Cl)cc1F. The fourth-order valence-electron chi connectivity index (χ4n) is 1.47. The van der Waals surface area contributed by atoms with Crippen molar-refractivity contribution in [2.45, 2.75) is 4.90 Å². The molecule has 0 unspecified atom stereocenters. The summed E-state index contributed by atoms with van der Waals surface area (Å²) in [7, 11) is -3.91. The van der Waals surface area contributed by atoms with E-state index in [2.05, 4.69) is 4.72 Å². The molecular formula is C12H10ClFN2O2S. The lowest BCUT2D eigenvalue weighted by Crippen LogP contribution is -2.14. The predicted octanol–water partition coefficient (Wildman–Crippen LogP) is 2.86. The van der Waals surface area contributed by atoms with E-state index in [0.29, 0.717) is 5.69 Å². The molecule has 0 spiro atoms. The van der Waals surface area contributed by atoms with Crippen molar-refractivity contribution in [2.75, 3.05) is 10.5 Å². The van der Waals surface area contributed by atoms with Crippen LogP contribution in [0, 0.1) is 5.82 Å². The standard InChI is InChI=1S/C12H10ClFN2O2S/c13-9-6-10(14)11(15)7-12(9)19(17,18)16-8-4-2-1-3-5-8/h1-7,16H,15H2. The summed E-state index contributed by atoms with van der Waals surface area (Å²) >= 11 is 5.74. The van der Waals surface area contributed by atoms with Crippen molar-refractivity contribution in [2.24, 2.45) is 0 Å². The summed E-state index contributed by atoms with van der Waals surface area (Å²) in [6.45, 7) is 0. The van der Waals surface area contributed by atoms with Crippen molar-refractivity contribution in [3.63, 3.8) is 0 Å². The maximum atomic E-state index is 13.1. The van der Waals surface area contributed by atoms with Gasteiger partial charge in [0.1, 0.15) is 10.7 Å². The van der Waals surface area contributed by atoms with Gasteiger partial charge in [-0.05, 0) is 24.3 Å². The number of anilines is 2. The second-order valence-corrected chi connectivity index (χ2v) is 5.83. The van der Waals surface area contributed by atoms with Crippen LogP contribution in [0.1, 0.15) is 0 Å². The summed E-state index contributed by atoms with van der Waals surface area (Å²) in [6, 6.07) is 10.1. The Morgan fingerprint density at radius 1 is 1.16 bits per heavy atom. The van der Waals surface area contributed by atoms with Gasteiger partial charge in [0.2, 0.25) is 0 Å². The van der Waals surface area contributed by atoms with Gasteiger partial charge in [0, 0.05) is 5.69 Å². The molecule has 7 heteroatoms. The number of benzene rings is 2. The molecular weight excluding hydrogens is 291 g/mol. The van der Waals surface area contributed by atoms with Crippen LogP contribution in [-0.4, -0.2) is 8.42 Å². The third-order valence-corrected chi connectivity index (χ3v) is 4.21. The Hall–Kier alpha value is -1.79. The van der Waals surface area contributed by atoms with Gasteiger partial charge in [-0.1, -0.05) is 29.8 Å². The van der Waals surface area contributed by atoms with Crippen molar-refractivity contribution in [1.29, 1.82) is 0 Å². The van der Waals surface area contributed by atoms with Crippen molar-refractivity contribution in [3.05, 3.63) is 53.3 Å². The topological polar surface area (TPSA) is 72.2 Å². The first kappa shape index (κ1) is 13.6. The highest BCUT2D eigenvalue weighted by Crippen LogP contribution is 2.27.